The van der Waals surface area contributed by atoms with E-state index in [4.69, 9.17) is 0 Å². The molecule has 0 atom stereocenters. The van der Waals surface area contributed by atoms with Crippen molar-refractivity contribution in [2.24, 2.45) is 0 Å². The molecule has 0 saturated heterocycles. The minimum Gasteiger partial charge on any atom is -0.309 e. The zero-order chi connectivity index (χ0) is 41.7. The fourth-order valence-electron chi connectivity index (χ4n) is 11.6. The minimum atomic E-state index is -0.506. The Morgan fingerprint density at radius 1 is 0.361 bits per heavy atom. The molecule has 0 fully saturated rings. The molecule has 0 N–H and O–H groups in total. The zero-order valence-electron chi connectivity index (χ0n) is 36.3. The maximum Gasteiger partial charge on any atom is 0.0714 e. The van der Waals surface area contributed by atoms with E-state index in [1.807, 2.05) is 0 Å². The van der Waals surface area contributed by atoms with Gasteiger partial charge in [0.05, 0.1) is 16.8 Å². The molecule has 0 saturated carbocycles. The molecule has 0 aromatic heterocycles. The van der Waals surface area contributed by atoms with Crippen LogP contribution < -0.4 is 4.90 Å². The van der Waals surface area contributed by atoms with Crippen LogP contribution in [-0.4, -0.2) is 0 Å². The monoisotopic (exact) mass is 787 g/mol. The molecular formula is C60H53N. The Labute approximate surface area is 362 Å². The molecule has 0 bridgehead atoms. The van der Waals surface area contributed by atoms with Crippen molar-refractivity contribution in [2.75, 3.05) is 4.90 Å². The van der Waals surface area contributed by atoms with E-state index < -0.39 is 5.41 Å². The predicted molar refractivity (Wildman–Crippen MR) is 257 cm³/mol. The number of hydrogen-bond donors (Lipinski definition) is 0. The highest BCUT2D eigenvalue weighted by Gasteiger charge is 2.48. The molecule has 0 spiro atoms. The van der Waals surface area contributed by atoms with Crippen LogP contribution in [0.25, 0.3) is 33.4 Å². The SMILES string of the molecule is CC1(C)CCC(C)(C)c2cc(-c3cc4c(cc3N(c3ccccc3)c3cccc5c3-c3ccccc3C5(c3ccccc3)c3ccccc3)C(C)(C)c3ccccc3-4)ccc21. The molecule has 0 aliphatic heterocycles. The Morgan fingerprint density at radius 3 is 1.59 bits per heavy atom. The van der Waals surface area contributed by atoms with E-state index in [1.165, 1.54) is 102 Å². The summed E-state index contributed by atoms with van der Waals surface area (Å²) < 4.78 is 0. The molecule has 11 rings (SSSR count). The second-order valence-corrected chi connectivity index (χ2v) is 19.5. The van der Waals surface area contributed by atoms with Crippen LogP contribution in [0, 0.1) is 0 Å². The van der Waals surface area contributed by atoms with Gasteiger partial charge in [0.2, 0.25) is 0 Å². The third-order valence-corrected chi connectivity index (χ3v) is 14.8. The topological polar surface area (TPSA) is 3.24 Å². The number of para-hydroxylation sites is 1. The van der Waals surface area contributed by atoms with Gasteiger partial charge < -0.3 is 4.90 Å². The summed E-state index contributed by atoms with van der Waals surface area (Å²) in [5.41, 5.74) is 21.6. The Balaban J connectivity index is 1.25. The maximum atomic E-state index is 2.59. The van der Waals surface area contributed by atoms with Gasteiger partial charge in [0, 0.05) is 22.2 Å². The summed E-state index contributed by atoms with van der Waals surface area (Å²) in [5, 5.41) is 0. The van der Waals surface area contributed by atoms with Crippen molar-refractivity contribution >= 4 is 17.1 Å². The van der Waals surface area contributed by atoms with E-state index in [-0.39, 0.29) is 16.2 Å². The zero-order valence-corrected chi connectivity index (χ0v) is 36.3. The molecule has 0 amide bonds. The first-order chi connectivity index (χ1) is 29.5. The molecule has 1 nitrogen and oxygen atoms in total. The summed E-state index contributed by atoms with van der Waals surface area (Å²) in [6.07, 6.45) is 2.36. The van der Waals surface area contributed by atoms with Crippen LogP contribution >= 0.6 is 0 Å². The highest BCUT2D eigenvalue weighted by molar-refractivity contribution is 6.01. The Hall–Kier alpha value is -6.44. The molecule has 8 aromatic rings. The molecule has 3 aliphatic carbocycles. The lowest BCUT2D eigenvalue weighted by Gasteiger charge is -2.42. The quantitative estimate of drug-likeness (QED) is 0.162. The van der Waals surface area contributed by atoms with Crippen LogP contribution in [0.4, 0.5) is 17.1 Å². The van der Waals surface area contributed by atoms with Gasteiger partial charge in [0.15, 0.2) is 0 Å². The molecule has 61 heavy (non-hydrogen) atoms. The average Bonchev–Trinajstić information content (AvgIpc) is 3.72. The second-order valence-electron chi connectivity index (χ2n) is 19.5. The van der Waals surface area contributed by atoms with Gasteiger partial charge in [-0.3, -0.25) is 0 Å². The molecular weight excluding hydrogens is 735 g/mol. The van der Waals surface area contributed by atoms with Crippen molar-refractivity contribution in [3.05, 3.63) is 233 Å². The van der Waals surface area contributed by atoms with Gasteiger partial charge in [0.1, 0.15) is 0 Å². The van der Waals surface area contributed by atoms with Crippen LogP contribution in [-0.2, 0) is 21.7 Å². The van der Waals surface area contributed by atoms with E-state index in [1.54, 1.807) is 0 Å². The first-order valence-corrected chi connectivity index (χ1v) is 22.2. The van der Waals surface area contributed by atoms with Crippen LogP contribution in [0.2, 0.25) is 0 Å². The highest BCUT2D eigenvalue weighted by Crippen LogP contribution is 2.61. The number of hydrogen-bond acceptors (Lipinski definition) is 1. The van der Waals surface area contributed by atoms with Crippen molar-refractivity contribution in [3.8, 4) is 33.4 Å². The lowest BCUT2D eigenvalue weighted by molar-refractivity contribution is 0.332. The molecule has 0 unspecified atom stereocenters. The van der Waals surface area contributed by atoms with Crippen molar-refractivity contribution in [2.45, 2.75) is 76.0 Å². The van der Waals surface area contributed by atoms with Gasteiger partial charge in [0.25, 0.3) is 0 Å². The second kappa shape index (κ2) is 13.5. The fourth-order valence-corrected chi connectivity index (χ4v) is 11.6. The Bertz CT molecular complexity index is 2950. The molecule has 0 heterocycles. The van der Waals surface area contributed by atoms with E-state index in [0.29, 0.717) is 0 Å². The third kappa shape index (κ3) is 5.46. The van der Waals surface area contributed by atoms with Crippen molar-refractivity contribution < 1.29 is 0 Å². The summed E-state index contributed by atoms with van der Waals surface area (Å²) in [6.45, 7) is 14.6. The van der Waals surface area contributed by atoms with Gasteiger partial charge in [-0.2, -0.15) is 0 Å². The molecule has 1 heteroatoms. The maximum absolute atomic E-state index is 2.59. The lowest BCUT2D eigenvalue weighted by atomic mass is 9.63. The van der Waals surface area contributed by atoms with E-state index >= 15 is 0 Å². The smallest absolute Gasteiger partial charge is 0.0714 e. The molecule has 0 radical (unpaired) electrons. The Morgan fingerprint density at radius 2 is 0.918 bits per heavy atom. The lowest BCUT2D eigenvalue weighted by Crippen LogP contribution is -2.33. The van der Waals surface area contributed by atoms with E-state index in [0.717, 1.165) is 5.69 Å². The predicted octanol–water partition coefficient (Wildman–Crippen LogP) is 15.8. The first kappa shape index (κ1) is 37.6. The third-order valence-electron chi connectivity index (χ3n) is 14.8. The van der Waals surface area contributed by atoms with Gasteiger partial charge in [-0.05, 0) is 121 Å². The standard InChI is InChI=1S/C60H53N/c1-57(2)35-36-58(3,4)53-37-40(33-34-50(53)57)46-38-47-44-27-16-18-29-48(44)59(5,6)52(47)39-55(46)61(43-25-14-9-15-26-43)54-32-20-31-51-56(54)45-28-17-19-30-49(45)60(51,41-21-10-7-11-22-41)42-23-12-8-13-24-42/h7-34,37-39H,35-36H2,1-6H3. The van der Waals surface area contributed by atoms with Crippen LogP contribution in [0.1, 0.15) is 98.9 Å². The first-order valence-electron chi connectivity index (χ1n) is 22.2. The largest absolute Gasteiger partial charge is 0.309 e. The van der Waals surface area contributed by atoms with E-state index in [9.17, 15) is 0 Å². The van der Waals surface area contributed by atoms with Crippen LogP contribution in [0.3, 0.4) is 0 Å². The summed E-state index contributed by atoms with van der Waals surface area (Å²) in [6, 6.07) is 71.2. The molecule has 3 aliphatic rings. The number of benzene rings is 8. The average molecular weight is 788 g/mol. The van der Waals surface area contributed by atoms with Crippen molar-refractivity contribution in [3.63, 3.8) is 0 Å². The number of anilines is 3. The highest BCUT2D eigenvalue weighted by atomic mass is 15.1. The fraction of sp³-hybridized carbons (Fsp3) is 0.200. The summed E-state index contributed by atoms with van der Waals surface area (Å²) in [5.74, 6) is 0. The summed E-state index contributed by atoms with van der Waals surface area (Å²) in [4.78, 5) is 2.59. The number of nitrogens with zero attached hydrogens (tertiary/aromatic N) is 1. The minimum absolute atomic E-state index is 0.0770. The Kier molecular flexibility index (Phi) is 8.33. The van der Waals surface area contributed by atoms with Crippen molar-refractivity contribution in [1.29, 1.82) is 0 Å². The molecule has 298 valence electrons. The van der Waals surface area contributed by atoms with Gasteiger partial charge >= 0.3 is 0 Å². The molecule has 8 aromatic carbocycles. The number of fused-ring (bicyclic) bond motifs is 7. The normalized spacial score (nSPS) is 16.8. The van der Waals surface area contributed by atoms with Gasteiger partial charge in [-0.25, -0.2) is 0 Å². The van der Waals surface area contributed by atoms with Crippen LogP contribution in [0.5, 0.6) is 0 Å². The van der Waals surface area contributed by atoms with E-state index in [2.05, 4.69) is 234 Å². The number of rotatable bonds is 6. The van der Waals surface area contributed by atoms with Crippen molar-refractivity contribution in [1.82, 2.24) is 0 Å². The van der Waals surface area contributed by atoms with Gasteiger partial charge in [-0.1, -0.05) is 199 Å². The van der Waals surface area contributed by atoms with Crippen LogP contribution in [0.15, 0.2) is 188 Å². The summed E-state index contributed by atoms with van der Waals surface area (Å²) in [7, 11) is 0. The van der Waals surface area contributed by atoms with Gasteiger partial charge in [-0.15, -0.1) is 0 Å². The summed E-state index contributed by atoms with van der Waals surface area (Å²) >= 11 is 0.